The van der Waals surface area contributed by atoms with Gasteiger partial charge in [-0.15, -0.1) is 0 Å². The summed E-state index contributed by atoms with van der Waals surface area (Å²) in [6, 6.07) is 29.7. The number of nitro groups is 1. The summed E-state index contributed by atoms with van der Waals surface area (Å²) in [5.74, 6) is 0.901. The molecule has 0 unspecified atom stereocenters. The second-order valence-corrected chi connectivity index (χ2v) is 8.99. The summed E-state index contributed by atoms with van der Waals surface area (Å²) >= 11 is 0. The van der Waals surface area contributed by atoms with Crippen LogP contribution in [0.2, 0.25) is 0 Å². The maximum Gasteiger partial charge on any atom is 0.360 e. The fourth-order valence-electron chi connectivity index (χ4n) is 4.02. The maximum atomic E-state index is 12.3. The first-order chi connectivity index (χ1) is 21.5. The molecule has 0 aliphatic rings. The van der Waals surface area contributed by atoms with Crippen LogP contribution in [-0.2, 0) is 18.0 Å². The van der Waals surface area contributed by atoms with Crippen LogP contribution in [0.15, 0.2) is 108 Å². The van der Waals surface area contributed by atoms with Crippen molar-refractivity contribution in [3.8, 4) is 34.3 Å². The zero-order valence-corrected chi connectivity index (χ0v) is 24.6. The van der Waals surface area contributed by atoms with Crippen molar-refractivity contribution in [2.45, 2.75) is 34.0 Å². The van der Waals surface area contributed by atoms with Gasteiger partial charge in [0.25, 0.3) is 5.69 Å². The van der Waals surface area contributed by atoms with Gasteiger partial charge in [0.2, 0.25) is 0 Å². The number of hydrogen-bond acceptors (Lipinski definition) is 9. The summed E-state index contributed by atoms with van der Waals surface area (Å²) < 4.78 is 29.2. The van der Waals surface area contributed by atoms with Gasteiger partial charge in [0, 0.05) is 30.3 Å². The largest absolute Gasteiger partial charge is 0.489 e. The summed E-state index contributed by atoms with van der Waals surface area (Å²) in [5.41, 5.74) is 2.14. The quantitative estimate of drug-likeness (QED) is 0.0793. The summed E-state index contributed by atoms with van der Waals surface area (Å²) in [6.07, 6.45) is 0. The molecule has 0 spiro atoms. The highest BCUT2D eigenvalue weighted by molar-refractivity contribution is 5.89. The molecular weight excluding hydrogens is 564 g/mol. The molecule has 1 aromatic heterocycles. The van der Waals surface area contributed by atoms with Crippen LogP contribution in [0.5, 0.6) is 23.0 Å². The first-order valence-corrected chi connectivity index (χ1v) is 14.1. The SMILES string of the molecule is CC.CCOC(=O)c1cc(-c2c(OCc3ccccc3)cc(OCc3ccccc3)cc2Oc2ccc([N+](=O)[O-])cc2)on1. The number of carbonyl (C=O) groups excluding carboxylic acids is 1. The van der Waals surface area contributed by atoms with Gasteiger partial charge in [-0.25, -0.2) is 4.79 Å². The van der Waals surface area contributed by atoms with Gasteiger partial charge < -0.3 is 23.5 Å². The molecule has 1 heterocycles. The van der Waals surface area contributed by atoms with E-state index in [0.717, 1.165) is 11.1 Å². The number of non-ortho nitro benzene ring substituents is 1. The Morgan fingerprint density at radius 1 is 0.795 bits per heavy atom. The molecule has 0 fully saturated rings. The number of rotatable bonds is 12. The van der Waals surface area contributed by atoms with Crippen molar-refractivity contribution in [1.82, 2.24) is 5.16 Å². The van der Waals surface area contributed by atoms with E-state index in [1.807, 2.05) is 74.5 Å². The highest BCUT2D eigenvalue weighted by Crippen LogP contribution is 2.44. The summed E-state index contributed by atoms with van der Waals surface area (Å²) in [4.78, 5) is 23.0. The summed E-state index contributed by atoms with van der Waals surface area (Å²) in [5, 5.41) is 15.0. The molecule has 44 heavy (non-hydrogen) atoms. The van der Waals surface area contributed by atoms with Crippen LogP contribution in [0.4, 0.5) is 5.69 Å². The van der Waals surface area contributed by atoms with Gasteiger partial charge in [0.05, 0.1) is 11.5 Å². The van der Waals surface area contributed by atoms with Crippen LogP contribution in [-0.4, -0.2) is 22.7 Å². The number of ether oxygens (including phenoxy) is 4. The Balaban J connectivity index is 0.00000216. The van der Waals surface area contributed by atoms with Crippen molar-refractivity contribution in [3.05, 3.63) is 130 Å². The lowest BCUT2D eigenvalue weighted by Crippen LogP contribution is -2.04. The Morgan fingerprint density at radius 2 is 1.39 bits per heavy atom. The zero-order chi connectivity index (χ0) is 31.3. The minimum atomic E-state index is -0.639. The van der Waals surface area contributed by atoms with E-state index in [1.54, 1.807) is 19.1 Å². The molecule has 0 amide bonds. The van der Waals surface area contributed by atoms with Crippen molar-refractivity contribution in [3.63, 3.8) is 0 Å². The van der Waals surface area contributed by atoms with Gasteiger partial charge in [-0.05, 0) is 30.2 Å². The van der Waals surface area contributed by atoms with Crippen LogP contribution in [0.3, 0.4) is 0 Å². The van der Waals surface area contributed by atoms with E-state index < -0.39 is 10.9 Å². The third kappa shape index (κ3) is 8.22. The Bertz CT molecular complexity index is 1650. The molecular formula is C34H32N2O8. The number of nitrogens with zero attached hydrogens (tertiary/aromatic N) is 2. The van der Waals surface area contributed by atoms with Crippen LogP contribution in [0, 0.1) is 10.1 Å². The van der Waals surface area contributed by atoms with Gasteiger partial charge >= 0.3 is 5.97 Å². The second kappa shape index (κ2) is 15.5. The predicted molar refractivity (Wildman–Crippen MR) is 164 cm³/mol. The van der Waals surface area contributed by atoms with Crippen molar-refractivity contribution in [1.29, 1.82) is 0 Å². The second-order valence-electron chi connectivity index (χ2n) is 8.99. The lowest BCUT2D eigenvalue weighted by molar-refractivity contribution is -0.384. The van der Waals surface area contributed by atoms with Crippen molar-refractivity contribution >= 4 is 11.7 Å². The van der Waals surface area contributed by atoms with Crippen molar-refractivity contribution in [2.24, 2.45) is 0 Å². The molecule has 0 atom stereocenters. The topological polar surface area (TPSA) is 123 Å². The molecule has 5 aromatic rings. The Labute approximate surface area is 254 Å². The average Bonchev–Trinajstić information content (AvgIpc) is 3.55. The van der Waals surface area contributed by atoms with E-state index in [9.17, 15) is 14.9 Å². The molecule has 0 saturated carbocycles. The van der Waals surface area contributed by atoms with Crippen LogP contribution < -0.4 is 14.2 Å². The van der Waals surface area contributed by atoms with Gasteiger partial charge in [-0.1, -0.05) is 79.7 Å². The number of nitro benzene ring substituents is 1. The minimum absolute atomic E-state index is 0.0217. The number of carbonyl (C=O) groups is 1. The highest BCUT2D eigenvalue weighted by atomic mass is 16.6. The monoisotopic (exact) mass is 596 g/mol. The van der Waals surface area contributed by atoms with Crippen LogP contribution >= 0.6 is 0 Å². The molecule has 0 aliphatic carbocycles. The van der Waals surface area contributed by atoms with Gasteiger partial charge in [0.1, 0.15) is 41.8 Å². The van der Waals surface area contributed by atoms with Crippen LogP contribution in [0.1, 0.15) is 42.4 Å². The molecule has 0 radical (unpaired) electrons. The lowest BCUT2D eigenvalue weighted by atomic mass is 10.1. The number of hydrogen-bond donors (Lipinski definition) is 0. The standard InChI is InChI=1S/C32H26N2O8.C2H6/c1-2-38-32(35)27-19-30(42-33-27)31-28(40-21-23-11-7-4-8-12-23)17-26(39-20-22-9-5-3-6-10-22)18-29(31)41-25-15-13-24(14-16-25)34(36)37;1-2/h3-19H,2,20-21H2,1H3;1-2H3. The zero-order valence-electron chi connectivity index (χ0n) is 24.6. The molecule has 10 nitrogen and oxygen atoms in total. The Kier molecular flexibility index (Phi) is 11.1. The fourth-order valence-corrected chi connectivity index (χ4v) is 4.02. The number of aromatic nitrogens is 1. The Morgan fingerprint density at radius 3 is 1.98 bits per heavy atom. The molecule has 226 valence electrons. The van der Waals surface area contributed by atoms with E-state index in [4.69, 9.17) is 23.5 Å². The molecule has 0 saturated heterocycles. The molecule has 10 heteroatoms. The molecule has 0 aliphatic heterocycles. The van der Waals surface area contributed by atoms with Crippen molar-refractivity contribution < 1.29 is 33.2 Å². The first-order valence-electron chi connectivity index (χ1n) is 14.1. The summed E-state index contributed by atoms with van der Waals surface area (Å²) in [7, 11) is 0. The smallest absolute Gasteiger partial charge is 0.360 e. The van der Waals surface area contributed by atoms with E-state index in [1.165, 1.54) is 30.3 Å². The van der Waals surface area contributed by atoms with Gasteiger partial charge in [-0.3, -0.25) is 10.1 Å². The van der Waals surface area contributed by atoms with E-state index >= 15 is 0 Å². The van der Waals surface area contributed by atoms with Gasteiger partial charge in [-0.2, -0.15) is 0 Å². The molecule has 0 N–H and O–H groups in total. The van der Waals surface area contributed by atoms with E-state index in [0.29, 0.717) is 22.8 Å². The Hall–Kier alpha value is -5.64. The predicted octanol–water partition coefficient (Wildman–Crippen LogP) is 8.40. The normalized spacial score (nSPS) is 10.2. The van der Waals surface area contributed by atoms with Crippen LogP contribution in [0.25, 0.3) is 11.3 Å². The van der Waals surface area contributed by atoms with Crippen molar-refractivity contribution in [2.75, 3.05) is 6.61 Å². The van der Waals surface area contributed by atoms with E-state index in [-0.39, 0.29) is 42.7 Å². The average molecular weight is 597 g/mol. The third-order valence-electron chi connectivity index (χ3n) is 6.04. The molecule has 5 rings (SSSR count). The number of esters is 1. The summed E-state index contributed by atoms with van der Waals surface area (Å²) in [6.45, 7) is 6.36. The van der Waals surface area contributed by atoms with Gasteiger partial charge in [0.15, 0.2) is 11.5 Å². The molecule has 0 bridgehead atoms. The van der Waals surface area contributed by atoms with E-state index in [2.05, 4.69) is 5.16 Å². The molecule has 4 aromatic carbocycles. The fraction of sp³-hybridized carbons (Fsp3) is 0.176. The highest BCUT2D eigenvalue weighted by Gasteiger charge is 2.24. The lowest BCUT2D eigenvalue weighted by Gasteiger charge is -2.17. The number of benzene rings is 4. The minimum Gasteiger partial charge on any atom is -0.489 e. The maximum absolute atomic E-state index is 12.3. The third-order valence-corrected chi connectivity index (χ3v) is 6.04. The first kappa shape index (κ1) is 31.3.